The molecule has 0 spiro atoms. The molecule has 1 aromatic carbocycles. The van der Waals surface area contributed by atoms with Gasteiger partial charge in [-0.1, -0.05) is 31.4 Å². The minimum atomic E-state index is -0.919. The second-order valence-corrected chi connectivity index (χ2v) is 16.0. The Morgan fingerprint density at radius 2 is 1.69 bits per heavy atom. The number of aromatic hydroxyl groups is 1. The van der Waals surface area contributed by atoms with Crippen LogP contribution in [-0.4, -0.2) is 32.3 Å². The van der Waals surface area contributed by atoms with Gasteiger partial charge in [-0.05, 0) is 154 Å². The highest BCUT2D eigenvalue weighted by molar-refractivity contribution is 5.93. The first-order valence-corrected chi connectivity index (χ1v) is 17.5. The van der Waals surface area contributed by atoms with Crippen molar-refractivity contribution in [2.45, 2.75) is 127 Å². The molecule has 238 valence electrons. The van der Waals surface area contributed by atoms with Gasteiger partial charge in [0, 0.05) is 17.3 Å². The number of ketones is 1. The number of hydrogen-bond donors (Lipinski definition) is 3. The van der Waals surface area contributed by atoms with Crippen molar-refractivity contribution >= 4 is 5.78 Å². The van der Waals surface area contributed by atoms with E-state index in [9.17, 15) is 20.1 Å². The number of aliphatic hydroxyl groups is 2. The second-order valence-electron chi connectivity index (χ2n) is 16.0. The van der Waals surface area contributed by atoms with Gasteiger partial charge in [-0.2, -0.15) is 5.26 Å². The number of rotatable bonds is 1. The molecule has 5 nitrogen and oxygen atoms in total. The maximum absolute atomic E-state index is 11.7. The fourth-order valence-corrected chi connectivity index (χ4v) is 11.9. The fourth-order valence-electron chi connectivity index (χ4n) is 11.9. The van der Waals surface area contributed by atoms with Gasteiger partial charge in [0.15, 0.2) is 5.78 Å². The molecule has 7 aliphatic rings. The molecule has 45 heavy (non-hydrogen) atoms. The third-order valence-electron chi connectivity index (χ3n) is 14.5. The minimum Gasteiger partial charge on any atom is -0.508 e. The highest BCUT2D eigenvalue weighted by Gasteiger charge is 2.62. The van der Waals surface area contributed by atoms with Crippen molar-refractivity contribution in [1.29, 1.82) is 5.26 Å². The quantitative estimate of drug-likeness (QED) is 0.288. The van der Waals surface area contributed by atoms with E-state index >= 15 is 0 Å². The number of phenols is 1. The Labute approximate surface area is 268 Å². The Kier molecular flexibility index (Phi) is 7.42. The van der Waals surface area contributed by atoms with Crippen LogP contribution in [0, 0.1) is 58.2 Å². The van der Waals surface area contributed by atoms with E-state index in [1.54, 1.807) is 5.57 Å². The van der Waals surface area contributed by atoms with Gasteiger partial charge < -0.3 is 15.3 Å². The summed E-state index contributed by atoms with van der Waals surface area (Å²) in [7, 11) is 0. The molecule has 7 aliphatic carbocycles. The number of benzene rings is 1. The maximum atomic E-state index is 11.7. The highest BCUT2D eigenvalue weighted by Crippen LogP contribution is 2.65. The molecule has 3 N–H and O–H groups in total. The average molecular weight is 608 g/mol. The lowest BCUT2D eigenvalue weighted by molar-refractivity contribution is -0.114. The Hall–Kier alpha value is -2.86. The summed E-state index contributed by atoms with van der Waals surface area (Å²) in [6.07, 6.45) is 21.4. The van der Waals surface area contributed by atoms with Crippen molar-refractivity contribution in [1.82, 2.24) is 0 Å². The number of nitriles is 1. The van der Waals surface area contributed by atoms with Gasteiger partial charge in [-0.25, -0.2) is 0 Å². The highest BCUT2D eigenvalue weighted by atomic mass is 16.3. The van der Waals surface area contributed by atoms with Crippen LogP contribution >= 0.6 is 0 Å². The SMILES string of the molecule is C#C[C@]1(O)CC[C@H]2[C@@H]3CCc4cc(O)ccc4[C@H]3CC[C@@]21C.C[C@]12CCC3=C4CCC(=O)C=C4CC[C@H]3[C@@H]1CC[C@@]2(O)CC#N. The predicted octanol–water partition coefficient (Wildman–Crippen LogP) is 7.45. The molecular weight excluding hydrogens is 558 g/mol. The molecule has 8 rings (SSSR count). The number of terminal acetylenes is 1. The molecule has 0 unspecified atom stereocenters. The summed E-state index contributed by atoms with van der Waals surface area (Å²) in [6.45, 7) is 4.44. The third-order valence-corrected chi connectivity index (χ3v) is 14.5. The Bertz CT molecular complexity index is 1560. The topological polar surface area (TPSA) is 102 Å². The number of carbonyl (C=O) groups excluding carboxylic acids is 1. The number of fused-ring (bicyclic) bond motifs is 9. The minimum absolute atomic E-state index is 0.122. The van der Waals surface area contributed by atoms with Crippen LogP contribution in [0.5, 0.6) is 5.75 Å². The fraction of sp³-hybridized carbons (Fsp3) is 0.650. The molecule has 0 heterocycles. The lowest BCUT2D eigenvalue weighted by atomic mass is 9.53. The van der Waals surface area contributed by atoms with Crippen molar-refractivity contribution in [3.05, 3.63) is 52.1 Å². The van der Waals surface area contributed by atoms with E-state index in [1.807, 2.05) is 18.2 Å². The van der Waals surface area contributed by atoms with E-state index in [1.165, 1.54) is 22.3 Å². The summed E-state index contributed by atoms with van der Waals surface area (Å²) < 4.78 is 0. The Balaban J connectivity index is 0.000000145. The lowest BCUT2D eigenvalue weighted by Gasteiger charge is -2.52. The van der Waals surface area contributed by atoms with Gasteiger partial charge in [0.1, 0.15) is 11.4 Å². The Morgan fingerprint density at radius 3 is 2.47 bits per heavy atom. The smallest absolute Gasteiger partial charge is 0.156 e. The number of aryl methyl sites for hydroxylation is 1. The Morgan fingerprint density at radius 1 is 0.889 bits per heavy atom. The molecule has 5 heteroatoms. The molecule has 0 amide bonds. The van der Waals surface area contributed by atoms with Crippen molar-refractivity contribution in [2.75, 3.05) is 0 Å². The van der Waals surface area contributed by atoms with Crippen LogP contribution in [-0.2, 0) is 11.2 Å². The van der Waals surface area contributed by atoms with E-state index in [0.29, 0.717) is 41.8 Å². The summed E-state index contributed by atoms with van der Waals surface area (Å²) in [6, 6.07) is 8.10. The molecule has 0 bridgehead atoms. The number of nitrogens with zero attached hydrogens (tertiary/aromatic N) is 1. The van der Waals surface area contributed by atoms with E-state index in [2.05, 4.69) is 31.9 Å². The van der Waals surface area contributed by atoms with Gasteiger partial charge >= 0.3 is 0 Å². The van der Waals surface area contributed by atoms with Crippen LogP contribution in [0.3, 0.4) is 0 Å². The standard InChI is InChI=1S/C20H25NO2.C20H24O2/c1-19-8-6-16-15-5-3-14(22)12-13(15)2-4-17(16)18(19)7-9-20(19,23)10-11-21;1-3-20(22)11-9-18-17-6-4-13-12-14(21)5-7-15(13)16(17)8-10-19(18,20)2/h12,17-18,23H,2-10H2,1H3;1,5,7,12,16-18,21-22H,4,6,8-11H2,2H3/t17-,18+,19+,20-;16-,17-,18+,19+,20+/m11/s1. The zero-order valence-corrected chi connectivity index (χ0v) is 27.1. The first-order valence-electron chi connectivity index (χ1n) is 17.5. The zero-order chi connectivity index (χ0) is 31.8. The number of allylic oxidation sites excluding steroid dienone is 4. The van der Waals surface area contributed by atoms with Crippen LogP contribution in [0.2, 0.25) is 0 Å². The van der Waals surface area contributed by atoms with E-state index in [-0.39, 0.29) is 23.0 Å². The van der Waals surface area contributed by atoms with Crippen LogP contribution in [0.4, 0.5) is 0 Å². The van der Waals surface area contributed by atoms with Crippen molar-refractivity contribution in [2.24, 2.45) is 34.5 Å². The molecule has 0 aromatic heterocycles. The molecule has 0 radical (unpaired) electrons. The van der Waals surface area contributed by atoms with E-state index < -0.39 is 11.2 Å². The van der Waals surface area contributed by atoms with Crippen molar-refractivity contribution in [3.63, 3.8) is 0 Å². The number of hydrogen-bond acceptors (Lipinski definition) is 5. The average Bonchev–Trinajstić information content (AvgIpc) is 3.46. The lowest BCUT2D eigenvalue weighted by Crippen LogP contribution is -2.50. The molecule has 1 aromatic rings. The van der Waals surface area contributed by atoms with Crippen LogP contribution in [0.25, 0.3) is 0 Å². The van der Waals surface area contributed by atoms with Gasteiger partial charge in [0.05, 0.1) is 18.1 Å². The summed E-state index contributed by atoms with van der Waals surface area (Å²) in [5, 5.41) is 40.9. The summed E-state index contributed by atoms with van der Waals surface area (Å²) >= 11 is 0. The normalized spacial score (nSPS) is 42.7. The molecule has 0 aliphatic heterocycles. The monoisotopic (exact) mass is 607 g/mol. The molecule has 4 saturated carbocycles. The first-order chi connectivity index (χ1) is 21.5. The van der Waals surface area contributed by atoms with Gasteiger partial charge in [-0.15, -0.1) is 6.42 Å². The van der Waals surface area contributed by atoms with Crippen LogP contribution < -0.4 is 0 Å². The van der Waals surface area contributed by atoms with Gasteiger partial charge in [0.25, 0.3) is 0 Å². The van der Waals surface area contributed by atoms with Crippen molar-refractivity contribution < 1.29 is 20.1 Å². The molecule has 0 saturated heterocycles. The van der Waals surface area contributed by atoms with Crippen LogP contribution in [0.1, 0.15) is 121 Å². The third kappa shape index (κ3) is 4.52. The van der Waals surface area contributed by atoms with Gasteiger partial charge in [-0.3, -0.25) is 4.79 Å². The second kappa shape index (κ2) is 10.9. The molecule has 9 atom stereocenters. The van der Waals surface area contributed by atoms with E-state index in [4.69, 9.17) is 11.7 Å². The summed E-state index contributed by atoms with van der Waals surface area (Å²) in [5.74, 6) is 6.16. The number of phenolic OH excluding ortho intramolecular Hbond substituents is 1. The summed E-state index contributed by atoms with van der Waals surface area (Å²) in [4.78, 5) is 11.7. The van der Waals surface area contributed by atoms with Gasteiger partial charge in [0.2, 0.25) is 0 Å². The zero-order valence-electron chi connectivity index (χ0n) is 27.1. The predicted molar refractivity (Wildman–Crippen MR) is 174 cm³/mol. The maximum Gasteiger partial charge on any atom is 0.156 e. The summed E-state index contributed by atoms with van der Waals surface area (Å²) in [5.41, 5.74) is 5.11. The van der Waals surface area contributed by atoms with Crippen molar-refractivity contribution in [3.8, 4) is 24.2 Å². The number of carbonyl (C=O) groups is 1. The molecule has 4 fully saturated rings. The van der Waals surface area contributed by atoms with E-state index in [0.717, 1.165) is 83.5 Å². The van der Waals surface area contributed by atoms with Crippen LogP contribution in [0.15, 0.2) is 41.0 Å². The molecular formula is C40H49NO4. The largest absolute Gasteiger partial charge is 0.508 e. The first kappa shape index (κ1) is 30.8.